The maximum absolute atomic E-state index is 9.04. The number of thiophene rings is 1. The summed E-state index contributed by atoms with van der Waals surface area (Å²) < 4.78 is 0. The Morgan fingerprint density at radius 2 is 1.62 bits per heavy atom. The average Bonchev–Trinajstić information content (AvgIpc) is 3.17. The van der Waals surface area contributed by atoms with E-state index in [1.165, 1.54) is 68.0 Å². The fourth-order valence-corrected chi connectivity index (χ4v) is 5.39. The van der Waals surface area contributed by atoms with Crippen molar-refractivity contribution in [1.82, 2.24) is 9.97 Å². The van der Waals surface area contributed by atoms with Gasteiger partial charge in [-0.05, 0) is 37.7 Å². The van der Waals surface area contributed by atoms with E-state index in [0.717, 1.165) is 5.92 Å². The van der Waals surface area contributed by atoms with Gasteiger partial charge >= 0.3 is 11.9 Å². The van der Waals surface area contributed by atoms with Gasteiger partial charge in [-0.15, -0.1) is 11.3 Å². The van der Waals surface area contributed by atoms with Crippen LogP contribution < -0.4 is 20.0 Å². The molecule has 1 saturated heterocycles. The molecule has 0 amide bonds. The number of aryl methyl sites for hydroxylation is 1. The molecule has 2 aliphatic rings. The first kappa shape index (κ1) is 27.1. The Hall–Kier alpha value is -3.16. The number of fused-ring (bicyclic) bond motifs is 3. The molecule has 4 N–H and O–H groups in total. The molecule has 2 aromatic heterocycles. The Balaban J connectivity index is 0.000000285. The lowest BCUT2D eigenvalue weighted by molar-refractivity contribution is -0.985. The van der Waals surface area contributed by atoms with Crippen molar-refractivity contribution in [1.29, 1.82) is 0 Å². The number of aromatic nitrogens is 2. The second kappa shape index (κ2) is 12.3. The molecule has 1 aliphatic carbocycles. The minimum absolute atomic E-state index is 0.820. The molecule has 4 rings (SSSR count). The SMILES string of the molecule is CC[NH+]1CC[NH+](c2ncnc3sc4c(c23)CCC(C)C4)CC1.O=C([O-])C(=O)O.O=C([O-])C(=O)O. The van der Waals surface area contributed by atoms with Crippen LogP contribution in [0.1, 0.15) is 30.7 Å². The predicted octanol–water partition coefficient (Wildman–Crippen LogP) is -4.11. The lowest BCUT2D eigenvalue weighted by Gasteiger charge is -2.28. The summed E-state index contributed by atoms with van der Waals surface area (Å²) in [6.45, 7) is 10.9. The van der Waals surface area contributed by atoms with E-state index in [4.69, 9.17) is 44.6 Å². The van der Waals surface area contributed by atoms with Crippen molar-refractivity contribution >= 4 is 51.2 Å². The highest BCUT2D eigenvalue weighted by Crippen LogP contribution is 2.38. The Morgan fingerprint density at radius 1 is 1.06 bits per heavy atom. The van der Waals surface area contributed by atoms with Gasteiger partial charge in [0.15, 0.2) is 11.9 Å². The number of nitrogens with zero attached hydrogens (tertiary/aromatic N) is 2. The predicted molar refractivity (Wildman–Crippen MR) is 115 cm³/mol. The monoisotopic (exact) mass is 496 g/mol. The number of carboxylic acid groups (broad SMARTS) is 4. The van der Waals surface area contributed by atoms with Crippen molar-refractivity contribution < 1.29 is 49.4 Å². The van der Waals surface area contributed by atoms with Gasteiger partial charge < -0.3 is 34.9 Å². The van der Waals surface area contributed by atoms with E-state index in [0.29, 0.717) is 0 Å². The number of carboxylic acids is 4. The summed E-state index contributed by atoms with van der Waals surface area (Å²) >= 11 is 1.92. The van der Waals surface area contributed by atoms with Gasteiger partial charge in [0.1, 0.15) is 37.3 Å². The first-order valence-corrected chi connectivity index (χ1v) is 11.7. The first-order valence-electron chi connectivity index (χ1n) is 10.9. The summed E-state index contributed by atoms with van der Waals surface area (Å²) in [5.41, 5.74) is 1.58. The molecule has 186 valence electrons. The minimum atomic E-state index is -2.07. The number of quaternary nitrogens is 2. The van der Waals surface area contributed by atoms with E-state index in [2.05, 4.69) is 18.8 Å². The number of likely N-dealkylation sites (N-methyl/N-ethyl adjacent to an activating group) is 1. The molecule has 0 saturated carbocycles. The fraction of sp³-hybridized carbons (Fsp3) is 0.524. The first-order chi connectivity index (χ1) is 16.0. The van der Waals surface area contributed by atoms with E-state index >= 15 is 0 Å². The smallest absolute Gasteiger partial charge is 0.351 e. The van der Waals surface area contributed by atoms with Crippen molar-refractivity contribution in [3.8, 4) is 0 Å². The van der Waals surface area contributed by atoms with Crippen LogP contribution in [0, 0.1) is 5.92 Å². The van der Waals surface area contributed by atoms with Crippen molar-refractivity contribution in [3.63, 3.8) is 0 Å². The lowest BCUT2D eigenvalue weighted by Crippen LogP contribution is -3.26. The van der Waals surface area contributed by atoms with E-state index in [9.17, 15) is 0 Å². The van der Waals surface area contributed by atoms with Gasteiger partial charge in [-0.1, -0.05) is 6.92 Å². The van der Waals surface area contributed by atoms with Gasteiger partial charge in [-0.3, -0.25) is 4.90 Å². The highest BCUT2D eigenvalue weighted by Gasteiger charge is 2.30. The van der Waals surface area contributed by atoms with Crippen molar-refractivity contribution in [2.75, 3.05) is 32.7 Å². The van der Waals surface area contributed by atoms with Crippen LogP contribution in [0.25, 0.3) is 10.2 Å². The Labute approximate surface area is 199 Å². The van der Waals surface area contributed by atoms with Crippen LogP contribution >= 0.6 is 11.3 Å². The molecule has 0 aromatic carbocycles. The van der Waals surface area contributed by atoms with Crippen LogP contribution in [0.15, 0.2) is 6.33 Å². The second-order valence-electron chi connectivity index (χ2n) is 8.15. The van der Waals surface area contributed by atoms with Gasteiger partial charge in [0.05, 0.1) is 11.9 Å². The molecule has 12 nitrogen and oxygen atoms in total. The molecular weight excluding hydrogens is 468 g/mol. The standard InChI is InChI=1S/C17H24N4S.2C2H2O4/c1-3-20-6-8-21(9-7-20)16-15-13-5-4-12(2)10-14(13)22-17(15)19-11-18-16;2*3-1(4)2(5)6/h11-12H,3-10H2,1-2H3;2*(H,3,4)(H,5,6). The second-order valence-corrected chi connectivity index (χ2v) is 9.23. The topological polar surface area (TPSA) is 190 Å². The molecule has 1 aliphatic heterocycles. The molecular formula is C21H28N4O8S. The quantitative estimate of drug-likeness (QED) is 0.297. The minimum Gasteiger partial charge on any atom is -0.539 e. The third-order valence-electron chi connectivity index (χ3n) is 5.84. The Kier molecular flexibility index (Phi) is 9.83. The zero-order chi connectivity index (χ0) is 25.4. The zero-order valence-corrected chi connectivity index (χ0v) is 19.8. The van der Waals surface area contributed by atoms with E-state index < -0.39 is 23.9 Å². The molecule has 1 atom stereocenters. The number of rotatable bonds is 2. The third kappa shape index (κ3) is 7.17. The average molecular weight is 497 g/mol. The summed E-state index contributed by atoms with van der Waals surface area (Å²) in [4.78, 5) is 51.5. The maximum atomic E-state index is 9.04. The summed E-state index contributed by atoms with van der Waals surface area (Å²) in [6, 6.07) is 0. The number of carbonyl (C=O) groups excluding carboxylic acids is 2. The number of hydrogen-bond donors (Lipinski definition) is 4. The molecule has 0 radical (unpaired) electrons. The largest absolute Gasteiger partial charge is 0.539 e. The van der Waals surface area contributed by atoms with Gasteiger partial charge in [0.2, 0.25) is 5.82 Å². The van der Waals surface area contributed by atoms with Gasteiger partial charge in [-0.25, -0.2) is 14.6 Å². The van der Waals surface area contributed by atoms with Crippen LogP contribution in [-0.4, -0.2) is 76.8 Å². The van der Waals surface area contributed by atoms with Crippen LogP contribution in [0.4, 0.5) is 5.82 Å². The van der Waals surface area contributed by atoms with Crippen molar-refractivity contribution in [2.45, 2.75) is 33.1 Å². The summed E-state index contributed by atoms with van der Waals surface area (Å²) in [7, 11) is 0. The van der Waals surface area contributed by atoms with E-state index in [-0.39, 0.29) is 0 Å². The van der Waals surface area contributed by atoms with Crippen LogP contribution in [0.5, 0.6) is 0 Å². The molecule has 34 heavy (non-hydrogen) atoms. The zero-order valence-electron chi connectivity index (χ0n) is 19.0. The van der Waals surface area contributed by atoms with Crippen LogP contribution in [-0.2, 0) is 32.0 Å². The molecule has 3 heterocycles. The highest BCUT2D eigenvalue weighted by molar-refractivity contribution is 7.18. The fourth-order valence-electron chi connectivity index (χ4n) is 4.04. The Bertz CT molecular complexity index is 1000. The van der Waals surface area contributed by atoms with Gasteiger partial charge in [0.25, 0.3) is 0 Å². The summed E-state index contributed by atoms with van der Waals surface area (Å²) in [5.74, 6) is -5.91. The molecule has 1 fully saturated rings. The van der Waals surface area contributed by atoms with Crippen LogP contribution in [0.2, 0.25) is 0 Å². The molecule has 1 unspecified atom stereocenters. The number of hydrogen-bond acceptors (Lipinski definition) is 9. The third-order valence-corrected chi connectivity index (χ3v) is 7.00. The molecule has 0 bridgehead atoms. The molecule has 0 spiro atoms. The Morgan fingerprint density at radius 3 is 2.12 bits per heavy atom. The number of aliphatic carboxylic acids is 4. The lowest BCUT2D eigenvalue weighted by atomic mass is 9.89. The van der Waals surface area contributed by atoms with Gasteiger partial charge in [0, 0.05) is 4.88 Å². The van der Waals surface area contributed by atoms with Crippen molar-refractivity contribution in [2.24, 2.45) is 5.92 Å². The van der Waals surface area contributed by atoms with Crippen molar-refractivity contribution in [3.05, 3.63) is 16.8 Å². The summed E-state index contributed by atoms with van der Waals surface area (Å²) in [6.07, 6.45) is 5.56. The number of carbonyl (C=O) groups is 4. The van der Waals surface area contributed by atoms with E-state index in [1.54, 1.807) is 26.6 Å². The van der Waals surface area contributed by atoms with Crippen LogP contribution in [0.3, 0.4) is 0 Å². The molecule has 2 aromatic rings. The number of piperazine rings is 1. The normalized spacial score (nSPS) is 21.2. The maximum Gasteiger partial charge on any atom is 0.351 e. The summed E-state index contributed by atoms with van der Waals surface area (Å²) in [5, 5.41) is 34.0. The van der Waals surface area contributed by atoms with Gasteiger partial charge in [-0.2, -0.15) is 4.98 Å². The number of nitrogens with one attached hydrogen (secondary N) is 2. The molecule has 13 heteroatoms. The highest BCUT2D eigenvalue weighted by atomic mass is 32.1. The van der Waals surface area contributed by atoms with E-state index in [1.807, 2.05) is 11.3 Å².